The third kappa shape index (κ3) is 3.29. The number of aromatic nitrogens is 1. The first-order valence-electron chi connectivity index (χ1n) is 6.12. The first-order chi connectivity index (χ1) is 7.86. The van der Waals surface area contributed by atoms with Crippen LogP contribution in [0, 0.1) is 0 Å². The van der Waals surface area contributed by atoms with Gasteiger partial charge in [-0.1, -0.05) is 6.07 Å². The minimum atomic E-state index is 0.298. The van der Waals surface area contributed by atoms with E-state index in [4.69, 9.17) is 4.74 Å². The zero-order valence-electron chi connectivity index (χ0n) is 9.86. The highest BCUT2D eigenvalue weighted by Gasteiger charge is 2.15. The van der Waals surface area contributed by atoms with Crippen LogP contribution in [-0.2, 0) is 4.74 Å². The number of nitrogens with one attached hydrogen (secondary N) is 1. The van der Waals surface area contributed by atoms with Crippen LogP contribution in [0.4, 0.5) is 0 Å². The highest BCUT2D eigenvalue weighted by molar-refractivity contribution is 5.07. The maximum absolute atomic E-state index is 5.68. The van der Waals surface area contributed by atoms with Crippen molar-refractivity contribution in [2.45, 2.75) is 38.3 Å². The number of pyridine rings is 1. The van der Waals surface area contributed by atoms with E-state index < -0.39 is 0 Å². The van der Waals surface area contributed by atoms with Gasteiger partial charge in [0.15, 0.2) is 0 Å². The van der Waals surface area contributed by atoms with E-state index in [9.17, 15) is 0 Å². The van der Waals surface area contributed by atoms with Gasteiger partial charge in [-0.05, 0) is 38.3 Å². The van der Waals surface area contributed by atoms with Gasteiger partial charge in [0, 0.05) is 25.4 Å². The van der Waals surface area contributed by atoms with Crippen molar-refractivity contribution in [1.82, 2.24) is 10.3 Å². The van der Waals surface area contributed by atoms with Gasteiger partial charge in [0.05, 0.1) is 11.8 Å². The molecule has 3 heteroatoms. The molecule has 0 spiro atoms. The number of rotatable bonds is 4. The Morgan fingerprint density at radius 3 is 3.12 bits per heavy atom. The van der Waals surface area contributed by atoms with Gasteiger partial charge in [0.1, 0.15) is 0 Å². The summed E-state index contributed by atoms with van der Waals surface area (Å²) in [5.74, 6) is 0. The fraction of sp³-hybridized carbons (Fsp3) is 0.615. The van der Waals surface area contributed by atoms with Crippen LogP contribution in [0.25, 0.3) is 0 Å². The molecular formula is C13H20N2O. The van der Waals surface area contributed by atoms with Crippen LogP contribution in [0.5, 0.6) is 0 Å². The molecule has 1 unspecified atom stereocenters. The van der Waals surface area contributed by atoms with E-state index in [0.717, 1.165) is 18.8 Å². The Balaban J connectivity index is 1.77. The molecule has 1 aromatic heterocycles. The lowest BCUT2D eigenvalue weighted by Gasteiger charge is -2.24. The van der Waals surface area contributed by atoms with E-state index in [0.29, 0.717) is 12.1 Å². The second-order valence-electron chi connectivity index (χ2n) is 4.37. The van der Waals surface area contributed by atoms with E-state index in [-0.39, 0.29) is 0 Å². The predicted octanol–water partition coefficient (Wildman–Crippen LogP) is 2.30. The lowest BCUT2D eigenvalue weighted by atomic mass is 10.1. The van der Waals surface area contributed by atoms with Gasteiger partial charge in [-0.2, -0.15) is 0 Å². The zero-order valence-corrected chi connectivity index (χ0v) is 9.86. The van der Waals surface area contributed by atoms with Gasteiger partial charge in [-0.25, -0.2) is 0 Å². The van der Waals surface area contributed by atoms with Gasteiger partial charge in [-0.15, -0.1) is 0 Å². The summed E-state index contributed by atoms with van der Waals surface area (Å²) < 4.78 is 5.68. The maximum Gasteiger partial charge on any atom is 0.0699 e. The molecule has 1 saturated heterocycles. The van der Waals surface area contributed by atoms with Crippen molar-refractivity contribution in [2.75, 3.05) is 13.2 Å². The predicted molar refractivity (Wildman–Crippen MR) is 64.2 cm³/mol. The monoisotopic (exact) mass is 220 g/mol. The molecule has 88 valence electrons. The van der Waals surface area contributed by atoms with E-state index in [2.05, 4.69) is 23.3 Å². The highest BCUT2D eigenvalue weighted by Crippen LogP contribution is 2.13. The molecule has 0 bridgehead atoms. The Labute approximate surface area is 97.2 Å². The lowest BCUT2D eigenvalue weighted by Crippen LogP contribution is -2.33. The standard InChI is InChI=1S/C13H20N2O/c1-11(13-7-2-4-8-14-13)15-10-12-6-3-5-9-16-12/h2,4,7-8,11-12,15H,3,5-6,9-10H2,1H3/t11-,12?/m0/s1. The molecule has 3 nitrogen and oxygen atoms in total. The molecule has 1 aliphatic heterocycles. The molecular weight excluding hydrogens is 200 g/mol. The first kappa shape index (κ1) is 11.6. The van der Waals surface area contributed by atoms with Gasteiger partial charge < -0.3 is 10.1 Å². The number of hydrogen-bond donors (Lipinski definition) is 1. The lowest BCUT2D eigenvalue weighted by molar-refractivity contribution is 0.0156. The molecule has 1 aromatic rings. The van der Waals surface area contributed by atoms with E-state index >= 15 is 0 Å². The highest BCUT2D eigenvalue weighted by atomic mass is 16.5. The molecule has 16 heavy (non-hydrogen) atoms. The zero-order chi connectivity index (χ0) is 11.2. The fourth-order valence-corrected chi connectivity index (χ4v) is 2.01. The fourth-order valence-electron chi connectivity index (χ4n) is 2.01. The van der Waals surface area contributed by atoms with Crippen LogP contribution in [0.2, 0.25) is 0 Å². The van der Waals surface area contributed by atoms with Crippen LogP contribution in [0.1, 0.15) is 37.9 Å². The normalized spacial score (nSPS) is 22.9. The minimum absolute atomic E-state index is 0.298. The Hall–Kier alpha value is -0.930. The van der Waals surface area contributed by atoms with Gasteiger partial charge in [-0.3, -0.25) is 4.98 Å². The second kappa shape index (κ2) is 5.97. The van der Waals surface area contributed by atoms with E-state index in [1.54, 1.807) is 0 Å². The Bertz CT molecular complexity index is 296. The van der Waals surface area contributed by atoms with E-state index in [1.807, 2.05) is 18.3 Å². The Morgan fingerprint density at radius 2 is 2.44 bits per heavy atom. The van der Waals surface area contributed by atoms with Crippen molar-refractivity contribution in [2.24, 2.45) is 0 Å². The second-order valence-corrected chi connectivity index (χ2v) is 4.37. The minimum Gasteiger partial charge on any atom is -0.377 e. The molecule has 1 aliphatic rings. The van der Waals surface area contributed by atoms with Crippen molar-refractivity contribution < 1.29 is 4.74 Å². The third-order valence-electron chi connectivity index (χ3n) is 3.06. The Kier molecular flexibility index (Phi) is 4.31. The smallest absolute Gasteiger partial charge is 0.0699 e. The van der Waals surface area contributed by atoms with Crippen LogP contribution in [0.15, 0.2) is 24.4 Å². The molecule has 0 radical (unpaired) electrons. The van der Waals surface area contributed by atoms with Crippen LogP contribution < -0.4 is 5.32 Å². The molecule has 1 fully saturated rings. The summed E-state index contributed by atoms with van der Waals surface area (Å²) in [7, 11) is 0. The van der Waals surface area contributed by atoms with Gasteiger partial charge in [0.25, 0.3) is 0 Å². The molecule has 0 aromatic carbocycles. The van der Waals surface area contributed by atoms with Crippen molar-refractivity contribution in [1.29, 1.82) is 0 Å². The van der Waals surface area contributed by atoms with E-state index in [1.165, 1.54) is 19.3 Å². The average Bonchev–Trinajstić information content (AvgIpc) is 2.38. The number of nitrogens with zero attached hydrogens (tertiary/aromatic N) is 1. The van der Waals surface area contributed by atoms with Gasteiger partial charge >= 0.3 is 0 Å². The summed E-state index contributed by atoms with van der Waals surface area (Å²) in [5, 5.41) is 3.48. The summed E-state index contributed by atoms with van der Waals surface area (Å²) in [6.45, 7) is 3.99. The summed E-state index contributed by atoms with van der Waals surface area (Å²) in [4.78, 5) is 4.34. The molecule has 0 saturated carbocycles. The summed E-state index contributed by atoms with van der Waals surface area (Å²) in [6, 6.07) is 6.32. The third-order valence-corrected chi connectivity index (χ3v) is 3.06. The summed E-state index contributed by atoms with van der Waals surface area (Å²) in [5.41, 5.74) is 1.10. The molecule has 0 aliphatic carbocycles. The average molecular weight is 220 g/mol. The number of hydrogen-bond acceptors (Lipinski definition) is 3. The quantitative estimate of drug-likeness (QED) is 0.845. The molecule has 1 N–H and O–H groups in total. The SMILES string of the molecule is C[C@H](NCC1CCCCO1)c1ccccn1. The van der Waals surface area contributed by atoms with Crippen molar-refractivity contribution in [3.63, 3.8) is 0 Å². The summed E-state index contributed by atoms with van der Waals surface area (Å²) in [6.07, 6.45) is 5.92. The summed E-state index contributed by atoms with van der Waals surface area (Å²) >= 11 is 0. The van der Waals surface area contributed by atoms with Gasteiger partial charge in [0.2, 0.25) is 0 Å². The van der Waals surface area contributed by atoms with Crippen LogP contribution in [0.3, 0.4) is 0 Å². The molecule has 2 atom stereocenters. The van der Waals surface area contributed by atoms with Crippen LogP contribution >= 0.6 is 0 Å². The molecule has 0 amide bonds. The molecule has 2 heterocycles. The first-order valence-corrected chi connectivity index (χ1v) is 6.12. The largest absolute Gasteiger partial charge is 0.377 e. The van der Waals surface area contributed by atoms with Crippen molar-refractivity contribution in [3.8, 4) is 0 Å². The molecule has 2 rings (SSSR count). The van der Waals surface area contributed by atoms with Crippen molar-refractivity contribution >= 4 is 0 Å². The number of ether oxygens (including phenoxy) is 1. The topological polar surface area (TPSA) is 34.1 Å². The van der Waals surface area contributed by atoms with Crippen LogP contribution in [-0.4, -0.2) is 24.2 Å². The van der Waals surface area contributed by atoms with Crippen molar-refractivity contribution in [3.05, 3.63) is 30.1 Å². The maximum atomic E-state index is 5.68. The Morgan fingerprint density at radius 1 is 1.50 bits per heavy atom.